The third kappa shape index (κ3) is 4.73. The summed E-state index contributed by atoms with van der Waals surface area (Å²) in [6.07, 6.45) is -0.507. The van der Waals surface area contributed by atoms with Gasteiger partial charge in [0.1, 0.15) is 0 Å². The average molecular weight is 571 g/mol. The Bertz CT molecular complexity index is 1240. The molecule has 0 spiro atoms. The number of amides is 1. The molecule has 0 bridgehead atoms. The highest BCUT2D eigenvalue weighted by Gasteiger charge is 2.24. The predicted molar refractivity (Wildman–Crippen MR) is 140 cm³/mol. The maximum absolute atomic E-state index is 12.7. The quantitative estimate of drug-likeness (QED) is 0.361. The van der Waals surface area contributed by atoms with Gasteiger partial charge >= 0.3 is 0 Å². The van der Waals surface area contributed by atoms with Gasteiger partial charge in [0.25, 0.3) is 5.91 Å². The van der Waals surface area contributed by atoms with Gasteiger partial charge in [0.2, 0.25) is 0 Å². The maximum Gasteiger partial charge on any atom is 0.253 e. The summed E-state index contributed by atoms with van der Waals surface area (Å²) in [5.74, 6) is 0.0819. The number of hydrogen-bond acceptors (Lipinski definition) is 3. The van der Waals surface area contributed by atoms with Crippen LogP contribution in [-0.2, 0) is 6.54 Å². The summed E-state index contributed by atoms with van der Waals surface area (Å²) in [4.78, 5) is 16.8. The van der Waals surface area contributed by atoms with E-state index in [1.165, 1.54) is 10.8 Å². The van der Waals surface area contributed by atoms with Crippen LogP contribution in [0.3, 0.4) is 0 Å². The van der Waals surface area contributed by atoms with Crippen molar-refractivity contribution in [2.24, 2.45) is 0 Å². The molecular weight excluding hydrogens is 546 g/mol. The minimum absolute atomic E-state index is 0.0819. The Morgan fingerprint density at radius 1 is 0.818 bits per heavy atom. The van der Waals surface area contributed by atoms with Crippen LogP contribution in [0.15, 0.2) is 75.7 Å². The molecule has 7 heteroatoms. The zero-order chi connectivity index (χ0) is 22.9. The van der Waals surface area contributed by atoms with Crippen molar-refractivity contribution in [2.45, 2.75) is 12.6 Å². The summed E-state index contributed by atoms with van der Waals surface area (Å²) in [6.45, 7) is 4.00. The lowest BCUT2D eigenvalue weighted by Gasteiger charge is -2.35. The number of fused-ring (bicyclic) bond motifs is 3. The van der Waals surface area contributed by atoms with Gasteiger partial charge in [-0.05, 0) is 48.5 Å². The van der Waals surface area contributed by atoms with Gasteiger partial charge in [0.15, 0.2) is 0 Å². The van der Waals surface area contributed by atoms with Gasteiger partial charge < -0.3 is 14.6 Å². The normalized spacial score (nSPS) is 15.9. The van der Waals surface area contributed by atoms with E-state index in [2.05, 4.69) is 65.6 Å². The number of nitrogens with zero attached hydrogens (tertiary/aromatic N) is 3. The molecule has 3 aromatic carbocycles. The Morgan fingerprint density at radius 2 is 1.39 bits per heavy atom. The van der Waals surface area contributed by atoms with Crippen molar-refractivity contribution in [3.8, 4) is 0 Å². The van der Waals surface area contributed by atoms with Crippen LogP contribution in [0.25, 0.3) is 21.8 Å². The van der Waals surface area contributed by atoms with Gasteiger partial charge in [0.05, 0.1) is 12.6 Å². The third-order valence-electron chi connectivity index (χ3n) is 6.33. The standard InChI is InChI=1S/C26H25Br2N3O2/c27-19-6-8-24-22(14-19)23-15-20(28)7-9-25(23)31(24)17-21(32)16-29-10-12-30(13-11-29)26(33)18-4-2-1-3-5-18/h1-9,14-15,21,32H,10-13,16-17H2/t21-/m0/s1. The van der Waals surface area contributed by atoms with E-state index in [0.29, 0.717) is 26.2 Å². The number of piperazine rings is 1. The van der Waals surface area contributed by atoms with Gasteiger partial charge in [0, 0.05) is 69.0 Å². The van der Waals surface area contributed by atoms with E-state index in [1.54, 1.807) is 0 Å². The largest absolute Gasteiger partial charge is 0.390 e. The second kappa shape index (κ2) is 9.58. The number of aromatic nitrogens is 1. The molecule has 5 rings (SSSR count). The molecule has 0 radical (unpaired) electrons. The highest BCUT2D eigenvalue weighted by atomic mass is 79.9. The summed E-state index contributed by atoms with van der Waals surface area (Å²) in [7, 11) is 0. The number of carbonyl (C=O) groups is 1. The lowest BCUT2D eigenvalue weighted by Crippen LogP contribution is -2.50. The van der Waals surface area contributed by atoms with Crippen molar-refractivity contribution < 1.29 is 9.90 Å². The van der Waals surface area contributed by atoms with Gasteiger partial charge in [-0.3, -0.25) is 9.69 Å². The van der Waals surface area contributed by atoms with Crippen molar-refractivity contribution in [1.29, 1.82) is 0 Å². The zero-order valence-corrected chi connectivity index (χ0v) is 21.3. The van der Waals surface area contributed by atoms with Crippen LogP contribution in [0.4, 0.5) is 0 Å². The first-order chi connectivity index (χ1) is 16.0. The smallest absolute Gasteiger partial charge is 0.253 e. The van der Waals surface area contributed by atoms with Gasteiger partial charge in [-0.25, -0.2) is 0 Å². The van der Waals surface area contributed by atoms with Crippen LogP contribution in [0.5, 0.6) is 0 Å². The molecule has 1 atom stereocenters. The highest BCUT2D eigenvalue weighted by molar-refractivity contribution is 9.10. The van der Waals surface area contributed by atoms with Gasteiger partial charge in [-0.15, -0.1) is 0 Å². The SMILES string of the molecule is O=C(c1ccccc1)N1CCN(C[C@H](O)Cn2c3ccc(Br)cc3c3cc(Br)ccc32)CC1. The Morgan fingerprint density at radius 3 is 1.97 bits per heavy atom. The summed E-state index contributed by atoms with van der Waals surface area (Å²) in [6, 6.07) is 22.0. The van der Waals surface area contributed by atoms with Crippen LogP contribution in [0.1, 0.15) is 10.4 Å². The van der Waals surface area contributed by atoms with E-state index < -0.39 is 6.10 Å². The molecular formula is C26H25Br2N3O2. The molecule has 5 nitrogen and oxygen atoms in total. The number of halogens is 2. The molecule has 1 fully saturated rings. The first-order valence-corrected chi connectivity index (χ1v) is 12.7. The van der Waals surface area contributed by atoms with E-state index in [0.717, 1.165) is 38.6 Å². The Labute approximate surface area is 209 Å². The molecule has 170 valence electrons. The molecule has 1 saturated heterocycles. The molecule has 1 amide bonds. The molecule has 4 aromatic rings. The number of aliphatic hydroxyl groups is 1. The second-order valence-corrected chi connectivity index (χ2v) is 10.4. The Hall–Kier alpha value is -2.19. The lowest BCUT2D eigenvalue weighted by atomic mass is 10.2. The number of β-amino-alcohol motifs (C(OH)–C–C–N with tert-alkyl or cyclic N) is 1. The number of carbonyl (C=O) groups excluding carboxylic acids is 1. The molecule has 1 aliphatic heterocycles. The van der Waals surface area contributed by atoms with Crippen LogP contribution < -0.4 is 0 Å². The van der Waals surface area contributed by atoms with Gasteiger partial charge in [-0.1, -0.05) is 50.1 Å². The fourth-order valence-corrected chi connectivity index (χ4v) is 5.43. The molecule has 2 heterocycles. The highest BCUT2D eigenvalue weighted by Crippen LogP contribution is 2.33. The molecule has 0 saturated carbocycles. The zero-order valence-electron chi connectivity index (χ0n) is 18.1. The summed E-state index contributed by atoms with van der Waals surface area (Å²) < 4.78 is 4.29. The lowest BCUT2D eigenvalue weighted by molar-refractivity contribution is 0.0503. The summed E-state index contributed by atoms with van der Waals surface area (Å²) >= 11 is 7.17. The van der Waals surface area contributed by atoms with Crippen molar-refractivity contribution >= 4 is 59.6 Å². The topological polar surface area (TPSA) is 48.7 Å². The Balaban J connectivity index is 1.27. The third-order valence-corrected chi connectivity index (χ3v) is 7.32. The van der Waals surface area contributed by atoms with E-state index in [4.69, 9.17) is 0 Å². The Kier molecular flexibility index (Phi) is 6.56. The van der Waals surface area contributed by atoms with Gasteiger partial charge in [-0.2, -0.15) is 0 Å². The minimum Gasteiger partial charge on any atom is -0.390 e. The van der Waals surface area contributed by atoms with E-state index in [1.807, 2.05) is 47.4 Å². The number of rotatable bonds is 5. The maximum atomic E-state index is 12.7. The van der Waals surface area contributed by atoms with Crippen LogP contribution >= 0.6 is 31.9 Å². The van der Waals surface area contributed by atoms with Crippen LogP contribution in [0, 0.1) is 0 Å². The van der Waals surface area contributed by atoms with Crippen molar-refractivity contribution in [1.82, 2.24) is 14.4 Å². The molecule has 1 aliphatic rings. The van der Waals surface area contributed by atoms with Crippen LogP contribution in [-0.4, -0.2) is 64.2 Å². The fourth-order valence-electron chi connectivity index (χ4n) is 4.71. The molecule has 0 aliphatic carbocycles. The van der Waals surface area contributed by atoms with E-state index in [9.17, 15) is 9.90 Å². The number of benzene rings is 3. The number of hydrogen-bond donors (Lipinski definition) is 1. The monoisotopic (exact) mass is 569 g/mol. The fraction of sp³-hybridized carbons (Fsp3) is 0.269. The summed E-state index contributed by atoms with van der Waals surface area (Å²) in [5, 5.41) is 13.3. The molecule has 33 heavy (non-hydrogen) atoms. The predicted octanol–water partition coefficient (Wildman–Crippen LogP) is 5.14. The van der Waals surface area contributed by atoms with Crippen molar-refractivity contribution in [3.05, 3.63) is 81.2 Å². The van der Waals surface area contributed by atoms with Crippen molar-refractivity contribution in [2.75, 3.05) is 32.7 Å². The molecule has 1 N–H and O–H groups in total. The first kappa shape index (κ1) is 22.6. The first-order valence-electron chi connectivity index (χ1n) is 11.1. The molecule has 0 unspecified atom stereocenters. The molecule has 1 aromatic heterocycles. The van der Waals surface area contributed by atoms with E-state index in [-0.39, 0.29) is 5.91 Å². The minimum atomic E-state index is -0.507. The van der Waals surface area contributed by atoms with E-state index >= 15 is 0 Å². The average Bonchev–Trinajstić information content (AvgIpc) is 3.11. The van der Waals surface area contributed by atoms with Crippen LogP contribution in [0.2, 0.25) is 0 Å². The van der Waals surface area contributed by atoms with Crippen molar-refractivity contribution in [3.63, 3.8) is 0 Å². The second-order valence-electron chi connectivity index (χ2n) is 8.55. The summed E-state index contributed by atoms with van der Waals surface area (Å²) in [5.41, 5.74) is 2.96. The number of aliphatic hydroxyl groups excluding tert-OH is 1.